The van der Waals surface area contributed by atoms with Crippen molar-refractivity contribution >= 4 is 40.5 Å². The molecule has 2 N–H and O–H groups in total. The second-order valence-corrected chi connectivity index (χ2v) is 5.28. The smallest absolute Gasteiger partial charge is 0.220 e. The lowest BCUT2D eigenvalue weighted by Gasteiger charge is -2.15. The standard InChI is InChI=1S/C13H12Cl3N3O2/c1-20-8-5-9(21-2)19-13(18-8)11(16)10-6(14)3-4-7(15)12(10)17/h3-5,11H,17H2,1-2H3. The number of rotatable bonds is 4. The van der Waals surface area contributed by atoms with Crippen LogP contribution in [0, 0.1) is 0 Å². The van der Waals surface area contributed by atoms with Gasteiger partial charge in [-0.05, 0) is 12.1 Å². The first-order valence-corrected chi connectivity index (χ1v) is 7.01. The van der Waals surface area contributed by atoms with E-state index in [-0.39, 0.29) is 11.5 Å². The highest BCUT2D eigenvalue weighted by molar-refractivity contribution is 6.37. The number of alkyl halides is 1. The Bertz CT molecular complexity index is 645. The second kappa shape index (κ2) is 6.56. The Morgan fingerprint density at radius 2 is 1.57 bits per heavy atom. The molecular formula is C13H12Cl3N3O2. The third-order valence-corrected chi connectivity index (χ3v) is 3.85. The zero-order valence-electron chi connectivity index (χ0n) is 11.2. The van der Waals surface area contributed by atoms with E-state index < -0.39 is 5.38 Å². The molecule has 0 saturated heterocycles. The van der Waals surface area contributed by atoms with Crippen molar-refractivity contribution in [2.24, 2.45) is 0 Å². The lowest BCUT2D eigenvalue weighted by molar-refractivity contribution is 0.368. The van der Waals surface area contributed by atoms with Crippen molar-refractivity contribution in [3.63, 3.8) is 0 Å². The van der Waals surface area contributed by atoms with E-state index >= 15 is 0 Å². The molecule has 8 heteroatoms. The molecule has 1 heterocycles. The normalized spacial score (nSPS) is 12.0. The Hall–Kier alpha value is -1.43. The molecule has 0 bridgehead atoms. The van der Waals surface area contributed by atoms with Crippen LogP contribution >= 0.6 is 34.8 Å². The van der Waals surface area contributed by atoms with E-state index in [0.717, 1.165) is 0 Å². The topological polar surface area (TPSA) is 70.3 Å². The number of methoxy groups -OCH3 is 2. The molecule has 5 nitrogen and oxygen atoms in total. The molecule has 1 atom stereocenters. The second-order valence-electron chi connectivity index (χ2n) is 4.03. The van der Waals surface area contributed by atoms with Gasteiger partial charge in [-0.2, -0.15) is 9.97 Å². The summed E-state index contributed by atoms with van der Waals surface area (Å²) in [4.78, 5) is 8.37. The van der Waals surface area contributed by atoms with Crippen molar-refractivity contribution in [1.82, 2.24) is 9.97 Å². The molecule has 112 valence electrons. The molecule has 0 aliphatic rings. The molecule has 21 heavy (non-hydrogen) atoms. The Labute approximate surface area is 136 Å². The van der Waals surface area contributed by atoms with Gasteiger partial charge >= 0.3 is 0 Å². The van der Waals surface area contributed by atoms with Gasteiger partial charge in [-0.25, -0.2) is 0 Å². The lowest BCUT2D eigenvalue weighted by Crippen LogP contribution is -2.07. The first-order valence-electron chi connectivity index (χ1n) is 5.82. The van der Waals surface area contributed by atoms with E-state index in [9.17, 15) is 0 Å². The zero-order valence-corrected chi connectivity index (χ0v) is 13.5. The fourth-order valence-electron chi connectivity index (χ4n) is 1.71. The summed E-state index contributed by atoms with van der Waals surface area (Å²) in [5.74, 6) is 0.891. The van der Waals surface area contributed by atoms with Gasteiger partial charge in [0, 0.05) is 10.6 Å². The number of hydrogen-bond donors (Lipinski definition) is 1. The molecule has 0 spiro atoms. The van der Waals surface area contributed by atoms with Crippen LogP contribution in [0.15, 0.2) is 18.2 Å². The summed E-state index contributed by atoms with van der Waals surface area (Å²) in [6.45, 7) is 0. The number of nitrogen functional groups attached to an aromatic ring is 1. The van der Waals surface area contributed by atoms with Crippen LogP contribution in [-0.2, 0) is 0 Å². The van der Waals surface area contributed by atoms with Crippen molar-refractivity contribution in [2.45, 2.75) is 5.38 Å². The molecule has 0 radical (unpaired) electrons. The average molecular weight is 349 g/mol. The molecule has 0 saturated carbocycles. The van der Waals surface area contributed by atoms with E-state index in [2.05, 4.69) is 9.97 Å². The Kier molecular flexibility index (Phi) is 4.98. The van der Waals surface area contributed by atoms with Crippen LogP contribution in [0.4, 0.5) is 5.69 Å². The van der Waals surface area contributed by atoms with Gasteiger partial charge in [0.05, 0.1) is 31.0 Å². The predicted molar refractivity (Wildman–Crippen MR) is 83.7 cm³/mol. The van der Waals surface area contributed by atoms with Crippen LogP contribution in [0.3, 0.4) is 0 Å². The third-order valence-electron chi connectivity index (χ3n) is 2.78. The van der Waals surface area contributed by atoms with Crippen LogP contribution in [0.5, 0.6) is 11.8 Å². The fourth-order valence-corrected chi connectivity index (χ4v) is 2.54. The van der Waals surface area contributed by atoms with Crippen LogP contribution in [0.1, 0.15) is 16.8 Å². The minimum Gasteiger partial charge on any atom is -0.481 e. The van der Waals surface area contributed by atoms with Crippen molar-refractivity contribution in [1.29, 1.82) is 0 Å². The van der Waals surface area contributed by atoms with Gasteiger partial charge in [0.15, 0.2) is 5.82 Å². The summed E-state index contributed by atoms with van der Waals surface area (Å²) in [6.07, 6.45) is 0. The number of anilines is 1. The summed E-state index contributed by atoms with van der Waals surface area (Å²) in [6, 6.07) is 4.75. The minimum atomic E-state index is -0.791. The SMILES string of the molecule is COc1cc(OC)nc(C(Cl)c2c(Cl)ccc(Cl)c2N)n1. The molecule has 2 rings (SSSR count). The molecular weight excluding hydrogens is 337 g/mol. The number of hydrogen-bond acceptors (Lipinski definition) is 5. The monoisotopic (exact) mass is 347 g/mol. The first-order chi connectivity index (χ1) is 9.97. The lowest BCUT2D eigenvalue weighted by atomic mass is 10.1. The minimum absolute atomic E-state index is 0.253. The molecule has 1 aromatic carbocycles. The Balaban J connectivity index is 2.54. The quantitative estimate of drug-likeness (QED) is 0.673. The van der Waals surface area contributed by atoms with Crippen LogP contribution in [-0.4, -0.2) is 24.2 Å². The van der Waals surface area contributed by atoms with Crippen molar-refractivity contribution < 1.29 is 9.47 Å². The van der Waals surface area contributed by atoms with E-state index in [0.29, 0.717) is 27.4 Å². The molecule has 1 unspecified atom stereocenters. The highest BCUT2D eigenvalue weighted by Crippen LogP contribution is 2.40. The number of aromatic nitrogens is 2. The summed E-state index contributed by atoms with van der Waals surface area (Å²) >= 11 is 18.6. The van der Waals surface area contributed by atoms with Gasteiger partial charge in [-0.15, -0.1) is 11.6 Å². The third kappa shape index (κ3) is 3.26. The summed E-state index contributed by atoms with van der Waals surface area (Å²) < 4.78 is 10.2. The van der Waals surface area contributed by atoms with Crippen molar-refractivity contribution in [2.75, 3.05) is 20.0 Å². The Morgan fingerprint density at radius 3 is 2.10 bits per heavy atom. The average Bonchev–Trinajstić information content (AvgIpc) is 2.50. The van der Waals surface area contributed by atoms with E-state index in [1.54, 1.807) is 12.1 Å². The highest BCUT2D eigenvalue weighted by Gasteiger charge is 2.23. The number of ether oxygens (including phenoxy) is 2. The van der Waals surface area contributed by atoms with Gasteiger partial charge in [-0.3, -0.25) is 0 Å². The Morgan fingerprint density at radius 1 is 1.05 bits per heavy atom. The van der Waals surface area contributed by atoms with Gasteiger partial charge in [0.2, 0.25) is 11.8 Å². The van der Waals surface area contributed by atoms with Crippen molar-refractivity contribution in [3.05, 3.63) is 39.6 Å². The largest absolute Gasteiger partial charge is 0.481 e. The first kappa shape index (κ1) is 15.9. The van der Waals surface area contributed by atoms with E-state index in [1.165, 1.54) is 20.3 Å². The summed E-state index contributed by atoms with van der Waals surface area (Å²) in [5, 5.41) is -0.0580. The van der Waals surface area contributed by atoms with Gasteiger partial charge in [0.25, 0.3) is 0 Å². The maximum absolute atomic E-state index is 6.41. The molecule has 1 aromatic heterocycles. The van der Waals surface area contributed by atoms with Crippen molar-refractivity contribution in [3.8, 4) is 11.8 Å². The number of benzene rings is 1. The van der Waals surface area contributed by atoms with Crippen LogP contribution < -0.4 is 15.2 Å². The van der Waals surface area contributed by atoms with Gasteiger partial charge < -0.3 is 15.2 Å². The van der Waals surface area contributed by atoms with Gasteiger partial charge in [-0.1, -0.05) is 23.2 Å². The molecule has 0 aliphatic carbocycles. The summed E-state index contributed by atoms with van der Waals surface area (Å²) in [5.41, 5.74) is 6.68. The van der Waals surface area contributed by atoms with Crippen LogP contribution in [0.2, 0.25) is 10.0 Å². The maximum Gasteiger partial charge on any atom is 0.220 e. The fraction of sp³-hybridized carbons (Fsp3) is 0.231. The molecule has 0 aliphatic heterocycles. The highest BCUT2D eigenvalue weighted by atomic mass is 35.5. The maximum atomic E-state index is 6.41. The number of nitrogens with zero attached hydrogens (tertiary/aromatic N) is 2. The predicted octanol–water partition coefficient (Wildman–Crippen LogP) is 3.71. The number of nitrogens with two attached hydrogens (primary N) is 1. The summed E-state index contributed by atoms with van der Waals surface area (Å²) in [7, 11) is 2.96. The van der Waals surface area contributed by atoms with E-state index in [4.69, 9.17) is 50.0 Å². The van der Waals surface area contributed by atoms with E-state index in [1.807, 2.05) is 0 Å². The zero-order chi connectivity index (χ0) is 15.6. The van der Waals surface area contributed by atoms with Crippen LogP contribution in [0.25, 0.3) is 0 Å². The van der Waals surface area contributed by atoms with Gasteiger partial charge in [0.1, 0.15) is 5.38 Å². The number of halogens is 3. The molecule has 2 aromatic rings. The molecule has 0 amide bonds. The molecule has 0 fully saturated rings.